The molecule has 0 aromatic rings. The van der Waals surface area contributed by atoms with Gasteiger partial charge in [0.25, 0.3) is 0 Å². The first kappa shape index (κ1) is 9.47. The molecule has 2 heteroatoms. The Morgan fingerprint density at radius 3 is 2.69 bits per heavy atom. The van der Waals surface area contributed by atoms with Gasteiger partial charge in [0.05, 0.1) is 11.2 Å². The van der Waals surface area contributed by atoms with Gasteiger partial charge in [-0.15, -0.1) is 0 Å². The lowest BCUT2D eigenvalue weighted by molar-refractivity contribution is -0.113. The fourth-order valence-corrected chi connectivity index (χ4v) is 3.39. The minimum atomic E-state index is -0.630. The molecular formula is C11H20O2. The summed E-state index contributed by atoms with van der Waals surface area (Å²) >= 11 is 0. The van der Waals surface area contributed by atoms with E-state index in [2.05, 4.69) is 6.92 Å². The standard InChI is InChI=1S/C11H20O2/c1-8-5-9-3-4-10(2,12)7-11(9,13)6-8/h8-9,12-13H,3-7H2,1-2H3/t8?,9?,10-,11-/m1/s1. The Balaban J connectivity index is 2.15. The Bertz CT molecular complexity index is 212. The second-order valence-corrected chi connectivity index (χ2v) is 5.56. The summed E-state index contributed by atoms with van der Waals surface area (Å²) in [6, 6.07) is 0. The van der Waals surface area contributed by atoms with Crippen LogP contribution in [0.2, 0.25) is 0 Å². The van der Waals surface area contributed by atoms with Gasteiger partial charge >= 0.3 is 0 Å². The molecule has 0 heterocycles. The quantitative estimate of drug-likeness (QED) is 0.601. The highest BCUT2D eigenvalue weighted by molar-refractivity contribution is 5.03. The molecule has 0 aromatic heterocycles. The lowest BCUT2D eigenvalue weighted by Gasteiger charge is -2.42. The summed E-state index contributed by atoms with van der Waals surface area (Å²) in [6.45, 7) is 4.05. The van der Waals surface area contributed by atoms with Crippen molar-refractivity contribution in [3.8, 4) is 0 Å². The largest absolute Gasteiger partial charge is 0.390 e. The second kappa shape index (κ2) is 2.71. The molecule has 4 atom stereocenters. The molecule has 0 bridgehead atoms. The van der Waals surface area contributed by atoms with Crippen molar-refractivity contribution in [2.75, 3.05) is 0 Å². The van der Waals surface area contributed by atoms with Gasteiger partial charge in [0.2, 0.25) is 0 Å². The van der Waals surface area contributed by atoms with Crippen molar-refractivity contribution in [3.05, 3.63) is 0 Å². The zero-order valence-electron chi connectivity index (χ0n) is 8.58. The number of hydrogen-bond acceptors (Lipinski definition) is 2. The minimum Gasteiger partial charge on any atom is -0.390 e. The molecule has 2 N–H and O–H groups in total. The van der Waals surface area contributed by atoms with Gasteiger partial charge in [-0.1, -0.05) is 6.92 Å². The van der Waals surface area contributed by atoms with E-state index in [1.807, 2.05) is 6.92 Å². The van der Waals surface area contributed by atoms with Gasteiger partial charge in [-0.25, -0.2) is 0 Å². The summed E-state index contributed by atoms with van der Waals surface area (Å²) in [6.07, 6.45) is 4.45. The van der Waals surface area contributed by atoms with Crippen LogP contribution in [0.3, 0.4) is 0 Å². The van der Waals surface area contributed by atoms with Crippen LogP contribution in [-0.4, -0.2) is 21.4 Å². The number of rotatable bonds is 0. The molecule has 2 nitrogen and oxygen atoms in total. The third kappa shape index (κ3) is 1.62. The van der Waals surface area contributed by atoms with Crippen molar-refractivity contribution in [2.45, 2.75) is 57.2 Å². The van der Waals surface area contributed by atoms with Crippen LogP contribution in [0.4, 0.5) is 0 Å². The molecule has 2 unspecified atom stereocenters. The molecule has 0 spiro atoms. The number of fused-ring (bicyclic) bond motifs is 1. The van der Waals surface area contributed by atoms with Gasteiger partial charge in [-0.3, -0.25) is 0 Å². The smallest absolute Gasteiger partial charge is 0.0705 e. The van der Waals surface area contributed by atoms with E-state index < -0.39 is 11.2 Å². The SMILES string of the molecule is CC1CC2CC[C@@](C)(O)C[C@]2(O)C1. The molecule has 0 aliphatic heterocycles. The molecule has 2 fully saturated rings. The van der Waals surface area contributed by atoms with Crippen LogP contribution in [0.1, 0.15) is 46.0 Å². The monoisotopic (exact) mass is 184 g/mol. The predicted octanol–water partition coefficient (Wildman–Crippen LogP) is 1.70. The van der Waals surface area contributed by atoms with E-state index in [1.54, 1.807) is 0 Å². The molecule has 2 saturated carbocycles. The van der Waals surface area contributed by atoms with Crippen LogP contribution in [0, 0.1) is 11.8 Å². The average molecular weight is 184 g/mol. The van der Waals surface area contributed by atoms with Gasteiger partial charge in [-0.05, 0) is 44.4 Å². The van der Waals surface area contributed by atoms with E-state index in [0.717, 1.165) is 25.7 Å². The first-order valence-corrected chi connectivity index (χ1v) is 5.36. The van der Waals surface area contributed by atoms with Crippen LogP contribution < -0.4 is 0 Å². The van der Waals surface area contributed by atoms with E-state index >= 15 is 0 Å². The topological polar surface area (TPSA) is 40.5 Å². The summed E-state index contributed by atoms with van der Waals surface area (Å²) in [7, 11) is 0. The third-order valence-corrected chi connectivity index (χ3v) is 3.87. The zero-order valence-corrected chi connectivity index (χ0v) is 8.58. The highest BCUT2D eigenvalue weighted by Crippen LogP contribution is 2.50. The van der Waals surface area contributed by atoms with E-state index in [-0.39, 0.29) is 0 Å². The van der Waals surface area contributed by atoms with E-state index in [0.29, 0.717) is 18.3 Å². The maximum absolute atomic E-state index is 10.4. The first-order chi connectivity index (χ1) is 5.91. The fourth-order valence-electron chi connectivity index (χ4n) is 3.39. The van der Waals surface area contributed by atoms with Crippen molar-refractivity contribution < 1.29 is 10.2 Å². The summed E-state index contributed by atoms with van der Waals surface area (Å²) < 4.78 is 0. The Labute approximate surface area is 80.0 Å². The number of hydrogen-bond donors (Lipinski definition) is 2. The van der Waals surface area contributed by atoms with Crippen LogP contribution in [-0.2, 0) is 0 Å². The Morgan fingerprint density at radius 2 is 2.00 bits per heavy atom. The van der Waals surface area contributed by atoms with Crippen molar-refractivity contribution >= 4 is 0 Å². The van der Waals surface area contributed by atoms with Gasteiger partial charge in [-0.2, -0.15) is 0 Å². The van der Waals surface area contributed by atoms with E-state index in [1.165, 1.54) is 0 Å². The summed E-state index contributed by atoms with van der Waals surface area (Å²) in [5, 5.41) is 20.3. The van der Waals surface area contributed by atoms with E-state index in [4.69, 9.17) is 0 Å². The fraction of sp³-hybridized carbons (Fsp3) is 1.00. The molecule has 2 rings (SSSR count). The van der Waals surface area contributed by atoms with Crippen molar-refractivity contribution in [1.29, 1.82) is 0 Å². The number of aliphatic hydroxyl groups is 2. The maximum atomic E-state index is 10.4. The Hall–Kier alpha value is -0.0800. The molecule has 0 amide bonds. The highest BCUT2D eigenvalue weighted by Gasteiger charge is 2.51. The third-order valence-electron chi connectivity index (χ3n) is 3.87. The first-order valence-electron chi connectivity index (χ1n) is 5.36. The van der Waals surface area contributed by atoms with Crippen LogP contribution in [0.25, 0.3) is 0 Å². The normalized spacial score (nSPS) is 56.3. The van der Waals surface area contributed by atoms with Crippen LogP contribution >= 0.6 is 0 Å². The van der Waals surface area contributed by atoms with Gasteiger partial charge < -0.3 is 10.2 Å². The minimum absolute atomic E-state index is 0.447. The van der Waals surface area contributed by atoms with Gasteiger partial charge in [0.15, 0.2) is 0 Å². The molecular weight excluding hydrogens is 164 g/mol. The molecule has 0 saturated heterocycles. The summed E-state index contributed by atoms with van der Waals surface area (Å²) in [5.74, 6) is 1.08. The Kier molecular flexibility index (Phi) is 1.97. The summed E-state index contributed by atoms with van der Waals surface area (Å²) in [5.41, 5.74) is -1.18. The Morgan fingerprint density at radius 1 is 1.31 bits per heavy atom. The zero-order chi connectivity index (χ0) is 9.69. The van der Waals surface area contributed by atoms with Gasteiger partial charge in [0, 0.05) is 6.42 Å². The molecule has 0 aromatic carbocycles. The maximum Gasteiger partial charge on any atom is 0.0705 e. The lowest BCUT2D eigenvalue weighted by Crippen LogP contribution is -2.47. The van der Waals surface area contributed by atoms with Gasteiger partial charge in [0.1, 0.15) is 0 Å². The second-order valence-electron chi connectivity index (χ2n) is 5.56. The molecule has 13 heavy (non-hydrogen) atoms. The lowest BCUT2D eigenvalue weighted by atomic mass is 9.71. The molecule has 2 aliphatic rings. The van der Waals surface area contributed by atoms with Crippen molar-refractivity contribution in [3.63, 3.8) is 0 Å². The molecule has 76 valence electrons. The predicted molar refractivity (Wildman–Crippen MR) is 51.3 cm³/mol. The molecule has 0 radical (unpaired) electrons. The summed E-state index contributed by atoms with van der Waals surface area (Å²) in [4.78, 5) is 0. The molecule has 2 aliphatic carbocycles. The average Bonchev–Trinajstić information content (AvgIpc) is 2.20. The van der Waals surface area contributed by atoms with E-state index in [9.17, 15) is 10.2 Å². The highest BCUT2D eigenvalue weighted by atomic mass is 16.3. The van der Waals surface area contributed by atoms with Crippen molar-refractivity contribution in [2.24, 2.45) is 11.8 Å². The van der Waals surface area contributed by atoms with Crippen molar-refractivity contribution in [1.82, 2.24) is 0 Å². The van der Waals surface area contributed by atoms with Crippen LogP contribution in [0.5, 0.6) is 0 Å². The van der Waals surface area contributed by atoms with Crippen LogP contribution in [0.15, 0.2) is 0 Å².